The van der Waals surface area contributed by atoms with Crippen molar-refractivity contribution in [3.8, 4) is 0 Å². The van der Waals surface area contributed by atoms with Gasteiger partial charge in [0.1, 0.15) is 0 Å². The van der Waals surface area contributed by atoms with E-state index in [4.69, 9.17) is 4.99 Å². The van der Waals surface area contributed by atoms with Gasteiger partial charge in [-0.15, -0.1) is 0 Å². The van der Waals surface area contributed by atoms with Crippen LogP contribution in [-0.4, -0.2) is 80.1 Å². The van der Waals surface area contributed by atoms with Crippen LogP contribution in [0.3, 0.4) is 0 Å². The van der Waals surface area contributed by atoms with Crippen LogP contribution in [0.15, 0.2) is 4.99 Å². The number of aliphatic imine (C=N–C) groups is 1. The van der Waals surface area contributed by atoms with Crippen molar-refractivity contribution in [2.75, 3.05) is 51.3 Å². The first-order valence-electron chi connectivity index (χ1n) is 9.41. The summed E-state index contributed by atoms with van der Waals surface area (Å²) in [5, 5.41) is 4.11. The number of hydrogen-bond donors (Lipinski definition) is 1. The van der Waals surface area contributed by atoms with Gasteiger partial charge in [-0.1, -0.05) is 13.8 Å². The Morgan fingerprint density at radius 2 is 1.96 bits per heavy atom. The lowest BCUT2D eigenvalue weighted by molar-refractivity contribution is 0.279. The molecule has 0 amide bonds. The number of nitrogens with one attached hydrogen (secondary N) is 1. The van der Waals surface area contributed by atoms with Gasteiger partial charge in [-0.05, 0) is 31.6 Å². The van der Waals surface area contributed by atoms with Crippen molar-refractivity contribution in [1.82, 2.24) is 14.5 Å². The molecule has 2 aliphatic rings. The fraction of sp³-hybridized carbons (Fsp3) is 0.941. The molecule has 8 heteroatoms. The Kier molecular flexibility index (Phi) is 7.89. The third-order valence-electron chi connectivity index (χ3n) is 5.01. The van der Waals surface area contributed by atoms with Gasteiger partial charge in [0.05, 0.1) is 6.26 Å². The van der Waals surface area contributed by atoms with Crippen molar-refractivity contribution in [3.05, 3.63) is 0 Å². The molecule has 1 N–H and O–H groups in total. The second kappa shape index (κ2) is 9.46. The van der Waals surface area contributed by atoms with Crippen LogP contribution < -0.4 is 5.32 Å². The Morgan fingerprint density at radius 3 is 2.52 bits per heavy atom. The molecule has 2 rings (SSSR count). The summed E-state index contributed by atoms with van der Waals surface area (Å²) in [5.74, 6) is 3.33. The molecule has 2 aliphatic heterocycles. The minimum absolute atomic E-state index is 0.478. The van der Waals surface area contributed by atoms with Gasteiger partial charge >= 0.3 is 0 Å². The van der Waals surface area contributed by atoms with Gasteiger partial charge < -0.3 is 10.2 Å². The van der Waals surface area contributed by atoms with Crippen molar-refractivity contribution >= 4 is 27.7 Å². The van der Waals surface area contributed by atoms with Crippen LogP contribution in [0.2, 0.25) is 0 Å². The molecule has 1 atom stereocenters. The molecule has 1 unspecified atom stereocenters. The Bertz CT molecular complexity index is 543. The molecule has 0 aromatic heterocycles. The average molecular weight is 391 g/mol. The molecule has 0 radical (unpaired) electrons. The molecule has 146 valence electrons. The van der Waals surface area contributed by atoms with Crippen LogP contribution in [0.5, 0.6) is 0 Å². The van der Waals surface area contributed by atoms with Crippen LogP contribution in [0, 0.1) is 11.8 Å². The van der Waals surface area contributed by atoms with Gasteiger partial charge in [-0.25, -0.2) is 12.7 Å². The highest BCUT2D eigenvalue weighted by Crippen LogP contribution is 2.25. The molecule has 0 aromatic carbocycles. The van der Waals surface area contributed by atoms with E-state index < -0.39 is 10.0 Å². The van der Waals surface area contributed by atoms with Crippen molar-refractivity contribution in [3.63, 3.8) is 0 Å². The fourth-order valence-electron chi connectivity index (χ4n) is 3.34. The summed E-state index contributed by atoms with van der Waals surface area (Å²) in [5.41, 5.74) is 0. The Morgan fingerprint density at radius 1 is 1.28 bits per heavy atom. The van der Waals surface area contributed by atoms with E-state index in [2.05, 4.69) is 42.7 Å². The lowest BCUT2D eigenvalue weighted by Gasteiger charge is -2.36. The van der Waals surface area contributed by atoms with Crippen LogP contribution in [-0.2, 0) is 10.0 Å². The van der Waals surface area contributed by atoms with E-state index in [1.54, 1.807) is 4.31 Å². The van der Waals surface area contributed by atoms with Gasteiger partial charge in [-0.3, -0.25) is 4.99 Å². The van der Waals surface area contributed by atoms with E-state index >= 15 is 0 Å². The number of nitrogens with zero attached hydrogens (tertiary/aromatic N) is 3. The van der Waals surface area contributed by atoms with E-state index in [9.17, 15) is 8.42 Å². The van der Waals surface area contributed by atoms with Crippen molar-refractivity contribution in [2.24, 2.45) is 16.8 Å². The molecular weight excluding hydrogens is 356 g/mol. The minimum atomic E-state index is -3.05. The molecule has 25 heavy (non-hydrogen) atoms. The number of rotatable bonds is 5. The molecule has 0 aromatic rings. The summed E-state index contributed by atoms with van der Waals surface area (Å²) in [6.07, 6.45) is 3.11. The molecular formula is C17H34N4O2S2. The van der Waals surface area contributed by atoms with E-state index in [0.717, 1.165) is 50.7 Å². The fourth-order valence-corrected chi connectivity index (χ4v) is 5.51. The van der Waals surface area contributed by atoms with E-state index in [-0.39, 0.29) is 0 Å². The summed E-state index contributed by atoms with van der Waals surface area (Å²) < 4.78 is 24.8. The second-order valence-electron chi connectivity index (χ2n) is 7.40. The van der Waals surface area contributed by atoms with Crippen LogP contribution in [0.25, 0.3) is 0 Å². The molecule has 2 saturated heterocycles. The predicted octanol–water partition coefficient (Wildman–Crippen LogP) is 1.70. The highest BCUT2D eigenvalue weighted by molar-refractivity contribution is 8.00. The van der Waals surface area contributed by atoms with E-state index in [1.165, 1.54) is 6.26 Å². The Hall–Kier alpha value is -0.470. The standard InChI is InChI=1S/C17H34N4O2S2/c1-5-18-17(20-10-11-24-16(13-20)14(2)3)19-12-15-6-8-21(9-7-15)25(4,22)23/h14-16H,5-13H2,1-4H3,(H,18,19). The zero-order chi connectivity index (χ0) is 18.4. The van der Waals surface area contributed by atoms with Crippen LogP contribution in [0.4, 0.5) is 0 Å². The van der Waals surface area contributed by atoms with Gasteiger partial charge in [0.15, 0.2) is 5.96 Å². The van der Waals surface area contributed by atoms with Gasteiger partial charge in [0.25, 0.3) is 0 Å². The first kappa shape index (κ1) is 20.8. The summed E-state index contributed by atoms with van der Waals surface area (Å²) in [6.45, 7) is 11.7. The largest absolute Gasteiger partial charge is 0.357 e. The highest BCUT2D eigenvalue weighted by Gasteiger charge is 2.27. The Balaban J connectivity index is 1.92. The van der Waals surface area contributed by atoms with Crippen LogP contribution >= 0.6 is 11.8 Å². The highest BCUT2D eigenvalue weighted by atomic mass is 32.2. The van der Waals surface area contributed by atoms with Gasteiger partial charge in [-0.2, -0.15) is 11.8 Å². The average Bonchev–Trinajstić information content (AvgIpc) is 2.58. The SMILES string of the molecule is CCNC(=NCC1CCN(S(C)(=O)=O)CC1)N1CCSC(C(C)C)C1. The van der Waals surface area contributed by atoms with E-state index in [0.29, 0.717) is 30.2 Å². The first-order valence-corrected chi connectivity index (χ1v) is 12.3. The van der Waals surface area contributed by atoms with Gasteiger partial charge in [0.2, 0.25) is 10.0 Å². The van der Waals surface area contributed by atoms with Crippen molar-refractivity contribution < 1.29 is 8.42 Å². The van der Waals surface area contributed by atoms with Gasteiger partial charge in [0, 0.05) is 50.3 Å². The molecule has 2 heterocycles. The normalized spacial score (nSPS) is 24.8. The summed E-state index contributed by atoms with van der Waals surface area (Å²) in [4.78, 5) is 7.30. The first-order chi connectivity index (χ1) is 11.8. The molecule has 0 bridgehead atoms. The second-order valence-corrected chi connectivity index (χ2v) is 10.7. The van der Waals surface area contributed by atoms with Crippen LogP contribution in [0.1, 0.15) is 33.6 Å². The maximum absolute atomic E-state index is 11.6. The topological polar surface area (TPSA) is 65.0 Å². The lowest BCUT2D eigenvalue weighted by atomic mass is 9.98. The maximum Gasteiger partial charge on any atom is 0.211 e. The molecule has 2 fully saturated rings. The zero-order valence-corrected chi connectivity index (χ0v) is 17.7. The molecule has 6 nitrogen and oxygen atoms in total. The molecule has 0 spiro atoms. The maximum atomic E-state index is 11.6. The molecule has 0 aliphatic carbocycles. The summed E-state index contributed by atoms with van der Waals surface area (Å²) in [7, 11) is -3.05. The number of sulfonamides is 1. The third-order valence-corrected chi connectivity index (χ3v) is 7.86. The van der Waals surface area contributed by atoms with E-state index in [1.807, 2.05) is 0 Å². The zero-order valence-electron chi connectivity index (χ0n) is 16.1. The quantitative estimate of drug-likeness (QED) is 0.572. The van der Waals surface area contributed by atoms with Crippen molar-refractivity contribution in [2.45, 2.75) is 38.9 Å². The number of thioether (sulfide) groups is 1. The molecule has 0 saturated carbocycles. The number of piperidine rings is 1. The predicted molar refractivity (Wildman–Crippen MR) is 108 cm³/mol. The third kappa shape index (κ3) is 6.32. The Labute approximate surface area is 157 Å². The number of hydrogen-bond acceptors (Lipinski definition) is 4. The smallest absolute Gasteiger partial charge is 0.211 e. The monoisotopic (exact) mass is 390 g/mol. The summed E-state index contributed by atoms with van der Waals surface area (Å²) >= 11 is 2.07. The van der Waals surface area contributed by atoms with Crippen molar-refractivity contribution in [1.29, 1.82) is 0 Å². The number of guanidine groups is 1. The minimum Gasteiger partial charge on any atom is -0.357 e. The summed E-state index contributed by atoms with van der Waals surface area (Å²) in [6, 6.07) is 0. The lowest BCUT2D eigenvalue weighted by Crippen LogP contribution is -2.49.